The van der Waals surface area contributed by atoms with Crippen molar-refractivity contribution in [2.24, 2.45) is 0 Å². The van der Waals surface area contributed by atoms with Gasteiger partial charge in [-0.2, -0.15) is 0 Å². The smallest absolute Gasteiger partial charge is 0.412 e. The molecule has 160 valence electrons. The monoisotopic (exact) mass is 459 g/mol. The van der Waals surface area contributed by atoms with Crippen LogP contribution in [0.5, 0.6) is 0 Å². The van der Waals surface area contributed by atoms with Gasteiger partial charge in [0, 0.05) is 11.4 Å². The van der Waals surface area contributed by atoms with Crippen molar-refractivity contribution in [3.63, 3.8) is 0 Å². The molecule has 0 aliphatic heterocycles. The molecule has 0 atom stereocenters. The van der Waals surface area contributed by atoms with E-state index in [2.05, 4.69) is 15.0 Å². The Morgan fingerprint density at radius 3 is 2.68 bits per heavy atom. The third-order valence-electron chi connectivity index (χ3n) is 4.86. The van der Waals surface area contributed by atoms with E-state index >= 15 is 0 Å². The molecule has 31 heavy (non-hydrogen) atoms. The van der Waals surface area contributed by atoms with Crippen molar-refractivity contribution in [2.75, 3.05) is 5.32 Å². The first-order valence-electron chi connectivity index (χ1n) is 9.43. The van der Waals surface area contributed by atoms with Crippen LogP contribution in [0.2, 0.25) is 5.02 Å². The number of thiophene rings is 1. The Bertz CT molecular complexity index is 1220. The molecule has 9 heteroatoms. The highest BCUT2D eigenvalue weighted by Gasteiger charge is 2.23. The van der Waals surface area contributed by atoms with Gasteiger partial charge in [-0.15, -0.1) is 11.3 Å². The van der Waals surface area contributed by atoms with Gasteiger partial charge in [0.25, 0.3) is 0 Å². The molecule has 1 N–H and O–H groups in total. The Morgan fingerprint density at radius 2 is 1.97 bits per heavy atom. The summed E-state index contributed by atoms with van der Waals surface area (Å²) < 4.78 is 27.0. The van der Waals surface area contributed by atoms with Gasteiger partial charge >= 0.3 is 6.09 Å². The van der Waals surface area contributed by atoms with E-state index in [0.717, 1.165) is 22.0 Å². The van der Waals surface area contributed by atoms with Crippen molar-refractivity contribution in [1.82, 2.24) is 9.72 Å². The lowest BCUT2D eigenvalue weighted by molar-refractivity contribution is 0.156. The van der Waals surface area contributed by atoms with Gasteiger partial charge in [-0.25, -0.2) is 9.18 Å². The largest absolute Gasteiger partial charge is 0.443 e. The Kier molecular flexibility index (Phi) is 5.84. The lowest BCUT2D eigenvalue weighted by Crippen LogP contribution is -2.15. The molecule has 0 unspecified atom stereocenters. The van der Waals surface area contributed by atoms with E-state index in [0.29, 0.717) is 5.76 Å². The van der Waals surface area contributed by atoms with Crippen molar-refractivity contribution >= 4 is 34.7 Å². The molecule has 4 aromatic rings. The lowest BCUT2D eigenvalue weighted by Gasteiger charge is -2.12. The number of hydrogen-bond acceptors (Lipinski definition) is 5. The molecule has 3 heterocycles. The first kappa shape index (κ1) is 21.1. The minimum absolute atomic E-state index is 0.0513. The van der Waals surface area contributed by atoms with E-state index in [1.807, 2.05) is 37.4 Å². The van der Waals surface area contributed by atoms with Gasteiger partial charge in [-0.05, 0) is 56.5 Å². The van der Waals surface area contributed by atoms with Gasteiger partial charge in [0.05, 0.1) is 21.2 Å². The van der Waals surface area contributed by atoms with Crippen LogP contribution in [0.4, 0.5) is 14.9 Å². The van der Waals surface area contributed by atoms with Crippen LogP contribution >= 0.6 is 22.9 Å². The third kappa shape index (κ3) is 4.08. The fourth-order valence-corrected chi connectivity index (χ4v) is 4.39. The SMILES string of the molecule is Cc1onc(-c2c(F)cccc2Cl)c1NC(=O)OCc1sccc1-n1c(C)ccc1C. The molecular weight excluding hydrogens is 441 g/mol. The van der Waals surface area contributed by atoms with Gasteiger partial charge in [0.1, 0.15) is 23.8 Å². The number of ether oxygens (including phenoxy) is 1. The summed E-state index contributed by atoms with van der Waals surface area (Å²) in [6.45, 7) is 5.73. The highest BCUT2D eigenvalue weighted by Crippen LogP contribution is 2.36. The number of halogens is 2. The molecule has 1 amide bonds. The van der Waals surface area contributed by atoms with Crippen LogP contribution in [0, 0.1) is 26.6 Å². The topological polar surface area (TPSA) is 69.3 Å². The summed E-state index contributed by atoms with van der Waals surface area (Å²) >= 11 is 7.63. The van der Waals surface area contributed by atoms with Crippen LogP contribution in [-0.4, -0.2) is 15.8 Å². The van der Waals surface area contributed by atoms with Crippen molar-refractivity contribution in [2.45, 2.75) is 27.4 Å². The quantitative estimate of drug-likeness (QED) is 0.362. The number of benzene rings is 1. The van der Waals surface area contributed by atoms with Crippen molar-refractivity contribution in [3.05, 3.63) is 74.6 Å². The number of aryl methyl sites for hydroxylation is 3. The second-order valence-corrected chi connectivity index (χ2v) is 8.35. The van der Waals surface area contributed by atoms with Crippen molar-refractivity contribution in [3.8, 4) is 16.9 Å². The molecule has 3 aromatic heterocycles. The molecule has 1 aromatic carbocycles. The Morgan fingerprint density at radius 1 is 1.23 bits per heavy atom. The predicted molar refractivity (Wildman–Crippen MR) is 119 cm³/mol. The van der Waals surface area contributed by atoms with Crippen molar-refractivity contribution < 1.29 is 18.4 Å². The van der Waals surface area contributed by atoms with Gasteiger partial charge in [0.2, 0.25) is 0 Å². The Labute approximate surface area is 187 Å². The summed E-state index contributed by atoms with van der Waals surface area (Å²) in [4.78, 5) is 13.4. The number of nitrogens with one attached hydrogen (secondary N) is 1. The van der Waals surface area contributed by atoms with Crippen LogP contribution < -0.4 is 5.32 Å². The summed E-state index contributed by atoms with van der Waals surface area (Å²) in [6.07, 6.45) is -0.708. The zero-order valence-electron chi connectivity index (χ0n) is 17.0. The highest BCUT2D eigenvalue weighted by molar-refractivity contribution is 7.10. The van der Waals surface area contributed by atoms with Gasteiger partial charge in [-0.3, -0.25) is 5.32 Å². The number of aromatic nitrogens is 2. The second-order valence-electron chi connectivity index (χ2n) is 6.94. The maximum absolute atomic E-state index is 14.3. The number of carbonyl (C=O) groups excluding carboxylic acids is 1. The van der Waals surface area contributed by atoms with Crippen LogP contribution in [0.1, 0.15) is 22.0 Å². The summed E-state index contributed by atoms with van der Waals surface area (Å²) in [6, 6.07) is 10.3. The van der Waals surface area contributed by atoms with Gasteiger partial charge in [-0.1, -0.05) is 22.8 Å². The fraction of sp³-hybridized carbons (Fsp3) is 0.182. The maximum atomic E-state index is 14.3. The highest BCUT2D eigenvalue weighted by atomic mass is 35.5. The number of anilines is 1. The average molecular weight is 460 g/mol. The maximum Gasteiger partial charge on any atom is 0.412 e. The van der Waals surface area contributed by atoms with E-state index in [1.54, 1.807) is 6.92 Å². The summed E-state index contributed by atoms with van der Waals surface area (Å²) in [7, 11) is 0. The molecule has 0 spiro atoms. The zero-order valence-corrected chi connectivity index (χ0v) is 18.6. The summed E-state index contributed by atoms with van der Waals surface area (Å²) in [5, 5.41) is 8.58. The third-order valence-corrected chi connectivity index (χ3v) is 6.06. The first-order valence-corrected chi connectivity index (χ1v) is 10.7. The summed E-state index contributed by atoms with van der Waals surface area (Å²) in [5.41, 5.74) is 3.52. The molecule has 6 nitrogen and oxygen atoms in total. The minimum atomic E-state index is -0.708. The number of rotatable bonds is 5. The van der Waals surface area contributed by atoms with E-state index in [1.165, 1.54) is 29.5 Å². The fourth-order valence-electron chi connectivity index (χ4n) is 3.37. The second kappa shape index (κ2) is 8.56. The molecule has 4 rings (SSSR count). The van der Waals surface area contributed by atoms with Crippen LogP contribution in [0.15, 0.2) is 46.3 Å². The van der Waals surface area contributed by atoms with E-state index in [4.69, 9.17) is 20.9 Å². The average Bonchev–Trinajstić information content (AvgIpc) is 3.41. The van der Waals surface area contributed by atoms with Crippen LogP contribution in [0.3, 0.4) is 0 Å². The molecule has 0 saturated carbocycles. The first-order chi connectivity index (χ1) is 14.9. The van der Waals surface area contributed by atoms with E-state index in [-0.39, 0.29) is 28.6 Å². The minimum Gasteiger partial charge on any atom is -0.443 e. The number of hydrogen-bond donors (Lipinski definition) is 1. The van der Waals surface area contributed by atoms with Gasteiger partial charge in [0.15, 0.2) is 5.76 Å². The molecule has 0 aliphatic carbocycles. The van der Waals surface area contributed by atoms with Gasteiger partial charge < -0.3 is 13.8 Å². The van der Waals surface area contributed by atoms with Crippen molar-refractivity contribution in [1.29, 1.82) is 0 Å². The van der Waals surface area contributed by atoms with Crippen LogP contribution in [0.25, 0.3) is 16.9 Å². The molecular formula is C22H19ClFN3O3S. The molecule has 0 saturated heterocycles. The number of amides is 1. The van der Waals surface area contributed by atoms with E-state index < -0.39 is 11.9 Å². The number of carbonyl (C=O) groups is 1. The lowest BCUT2D eigenvalue weighted by atomic mass is 10.1. The number of nitrogens with zero attached hydrogens (tertiary/aromatic N) is 2. The molecule has 0 aliphatic rings. The zero-order chi connectivity index (χ0) is 22.1. The van der Waals surface area contributed by atoms with Crippen LogP contribution in [-0.2, 0) is 11.3 Å². The molecule has 0 bridgehead atoms. The molecule has 0 fully saturated rings. The summed E-state index contributed by atoms with van der Waals surface area (Å²) in [5.74, 6) is -0.264. The molecule has 0 radical (unpaired) electrons. The Balaban J connectivity index is 1.52. The normalized spacial score (nSPS) is 11.0. The Hall–Kier alpha value is -3.10. The standard InChI is InChI=1S/C22H19ClFN3O3S/c1-12-7-8-13(2)27(12)17-9-10-31-18(17)11-29-22(28)25-20-14(3)30-26-21(20)19-15(23)5-4-6-16(19)24/h4-10H,11H2,1-3H3,(H,25,28). The predicted octanol–water partition coefficient (Wildman–Crippen LogP) is 6.66. The van der Waals surface area contributed by atoms with E-state index in [9.17, 15) is 9.18 Å².